The molecule has 0 aromatic heterocycles. The predicted molar refractivity (Wildman–Crippen MR) is 203 cm³/mol. The molecule has 1 spiro atoms. The highest BCUT2D eigenvalue weighted by atomic mass is 16.7. The Kier molecular flexibility index (Phi) is 12.9. The minimum atomic E-state index is -1.72. The van der Waals surface area contributed by atoms with Gasteiger partial charge in [0.1, 0.15) is 12.2 Å². The van der Waals surface area contributed by atoms with Crippen molar-refractivity contribution in [2.45, 2.75) is 159 Å². The Labute approximate surface area is 330 Å². The second kappa shape index (κ2) is 16.7. The van der Waals surface area contributed by atoms with E-state index in [-0.39, 0.29) is 49.2 Å². The molecule has 0 bridgehead atoms. The molecule has 5 saturated heterocycles. The van der Waals surface area contributed by atoms with Gasteiger partial charge in [-0.15, -0.1) is 0 Å². The number of rotatable bonds is 12. The van der Waals surface area contributed by atoms with E-state index >= 15 is 0 Å². The molecule has 5 fully saturated rings. The van der Waals surface area contributed by atoms with E-state index in [0.717, 1.165) is 0 Å². The largest absolute Gasteiger partial charge is 0.481 e. The fourth-order valence-corrected chi connectivity index (χ4v) is 10.5. The number of aliphatic hydroxyl groups is 3. The van der Waals surface area contributed by atoms with Gasteiger partial charge in [0.2, 0.25) is 5.79 Å². The third-order valence-corrected chi connectivity index (χ3v) is 13.9. The first-order chi connectivity index (χ1) is 26.4. The first-order valence-electron chi connectivity index (χ1n) is 20.5. The number of carbonyl (C=O) groups excluding carboxylic acids is 1. The van der Waals surface area contributed by atoms with Crippen molar-refractivity contribution in [3.05, 3.63) is 30.3 Å². The van der Waals surface area contributed by atoms with Gasteiger partial charge in [0.15, 0.2) is 5.79 Å². The minimum absolute atomic E-state index is 0.00632. The number of ether oxygens (including phenoxy) is 7. The Balaban J connectivity index is 1.10. The Hall–Kier alpha value is -2.40. The van der Waals surface area contributed by atoms with Gasteiger partial charge < -0.3 is 53.6 Å². The molecule has 1 aromatic carbocycles. The number of aliphatic carboxylic acids is 1. The molecule has 17 atom stereocenters. The molecule has 56 heavy (non-hydrogen) atoms. The first-order valence-corrected chi connectivity index (χ1v) is 20.5. The number of carboxylic acid groups (broad SMARTS) is 1. The van der Waals surface area contributed by atoms with E-state index in [1.54, 1.807) is 31.2 Å². The number of carbonyl (C=O) groups is 2. The van der Waals surface area contributed by atoms with Crippen LogP contribution in [0.3, 0.4) is 0 Å². The number of aliphatic hydroxyl groups excluding tert-OH is 2. The highest BCUT2D eigenvalue weighted by Crippen LogP contribution is 2.54. The highest BCUT2D eigenvalue weighted by molar-refractivity contribution is 5.84. The van der Waals surface area contributed by atoms with Crippen LogP contribution in [0.1, 0.15) is 93.4 Å². The average molecular weight is 792 g/mol. The summed E-state index contributed by atoms with van der Waals surface area (Å²) in [5, 5.41) is 46.4. The quantitative estimate of drug-likeness (QED) is 0.188. The molecule has 0 unspecified atom stereocenters. The van der Waals surface area contributed by atoms with Crippen LogP contribution in [-0.4, -0.2) is 118 Å². The van der Waals surface area contributed by atoms with Gasteiger partial charge in [0.05, 0.1) is 60.9 Å². The highest BCUT2D eigenvalue weighted by Gasteiger charge is 2.62. The molecule has 316 valence electrons. The van der Waals surface area contributed by atoms with E-state index in [4.69, 9.17) is 33.2 Å². The van der Waals surface area contributed by atoms with Crippen molar-refractivity contribution in [1.82, 2.24) is 0 Å². The molecule has 5 aliphatic rings. The lowest BCUT2D eigenvalue weighted by Crippen LogP contribution is -2.57. The number of para-hydroxylation sites is 1. The fraction of sp³-hybridized carbons (Fsp3) is 0.810. The molecular formula is C42H65NO13. The molecule has 5 heterocycles. The summed E-state index contributed by atoms with van der Waals surface area (Å²) in [5.41, 5.74) is -1.21. The van der Waals surface area contributed by atoms with Crippen molar-refractivity contribution in [2.75, 3.05) is 25.6 Å². The van der Waals surface area contributed by atoms with Crippen LogP contribution in [0.2, 0.25) is 0 Å². The van der Waals surface area contributed by atoms with Gasteiger partial charge in [-0.1, -0.05) is 52.8 Å². The van der Waals surface area contributed by atoms with Gasteiger partial charge >= 0.3 is 12.1 Å². The maximum atomic E-state index is 12.6. The predicted octanol–water partition coefficient (Wildman–Crippen LogP) is 5.11. The SMILES string of the molecule is CO[C@H]([C@H](C)[C@H]1O[C@@]2(CC[C@@](C)([C@H]3CC[C@@](CO)([C@@H]4O[C@@H]([C@H]5O[C@@](O)(COC(=O)Nc6ccccc6)[C@H](C)C[C@@H]5C)C[C@@H]4C)O3)O2)C[C@H](O)[C@H]1C)[C@H](C)C(=O)O. The van der Waals surface area contributed by atoms with E-state index in [2.05, 4.69) is 19.2 Å². The van der Waals surface area contributed by atoms with Crippen molar-refractivity contribution in [3.8, 4) is 0 Å². The maximum Gasteiger partial charge on any atom is 0.411 e. The molecule has 5 aliphatic heterocycles. The summed E-state index contributed by atoms with van der Waals surface area (Å²) >= 11 is 0. The maximum absolute atomic E-state index is 12.6. The third-order valence-electron chi connectivity index (χ3n) is 13.9. The molecule has 0 aliphatic carbocycles. The molecule has 1 amide bonds. The summed E-state index contributed by atoms with van der Waals surface area (Å²) in [7, 11) is 1.50. The first kappa shape index (κ1) is 43.2. The normalized spacial score (nSPS) is 44.3. The second-order valence-electron chi connectivity index (χ2n) is 18.0. The van der Waals surface area contributed by atoms with Crippen LogP contribution >= 0.6 is 0 Å². The van der Waals surface area contributed by atoms with Gasteiger partial charge in [-0.3, -0.25) is 10.1 Å². The minimum Gasteiger partial charge on any atom is -0.481 e. The number of methoxy groups -OCH3 is 1. The zero-order chi connectivity index (χ0) is 40.8. The Morgan fingerprint density at radius 3 is 2.38 bits per heavy atom. The number of anilines is 1. The van der Waals surface area contributed by atoms with Crippen LogP contribution < -0.4 is 5.32 Å². The smallest absolute Gasteiger partial charge is 0.411 e. The topological polar surface area (TPSA) is 192 Å². The zero-order valence-electron chi connectivity index (χ0n) is 34.2. The number of nitrogens with one attached hydrogen (secondary N) is 1. The van der Waals surface area contributed by atoms with E-state index in [9.17, 15) is 30.0 Å². The van der Waals surface area contributed by atoms with Crippen molar-refractivity contribution in [3.63, 3.8) is 0 Å². The van der Waals surface area contributed by atoms with Crippen LogP contribution in [0.25, 0.3) is 0 Å². The third kappa shape index (κ3) is 8.37. The molecule has 0 saturated carbocycles. The van der Waals surface area contributed by atoms with E-state index in [0.29, 0.717) is 44.2 Å². The second-order valence-corrected chi connectivity index (χ2v) is 18.0. The molecule has 5 N–H and O–H groups in total. The zero-order valence-corrected chi connectivity index (χ0v) is 34.2. The number of carboxylic acids is 1. The lowest BCUT2D eigenvalue weighted by Gasteiger charge is -2.48. The summed E-state index contributed by atoms with van der Waals surface area (Å²) < 4.78 is 44.8. The van der Waals surface area contributed by atoms with E-state index in [1.807, 2.05) is 33.8 Å². The van der Waals surface area contributed by atoms with Gasteiger partial charge in [-0.05, 0) is 69.9 Å². The van der Waals surface area contributed by atoms with Gasteiger partial charge in [0, 0.05) is 43.4 Å². The number of hydrogen-bond donors (Lipinski definition) is 5. The van der Waals surface area contributed by atoms with Crippen molar-refractivity contribution < 1.29 is 63.2 Å². The molecule has 6 rings (SSSR count). The monoisotopic (exact) mass is 791 g/mol. The van der Waals surface area contributed by atoms with Crippen LogP contribution in [0, 0.1) is 35.5 Å². The average Bonchev–Trinajstić information content (AvgIpc) is 3.87. The number of amides is 1. The summed E-state index contributed by atoms with van der Waals surface area (Å²) in [6.45, 7) is 12.9. The van der Waals surface area contributed by atoms with Crippen LogP contribution in [0.5, 0.6) is 0 Å². The lowest BCUT2D eigenvalue weighted by molar-refractivity contribution is -0.336. The Morgan fingerprint density at radius 2 is 1.71 bits per heavy atom. The molecule has 1 aromatic rings. The Bertz CT molecular complexity index is 1520. The standard InChI is InChI=1S/C42H65NO13/c1-23-18-25(3)42(49,22-51-38(48)43-29-12-10-9-11-13-29)55-33(23)31-19-24(2)36(52-31)40(21-44)15-14-32(53-40)39(7)16-17-41(56-39)20-30(45)26(4)35(54-41)27(5)34(50-8)28(6)37(46)47/h9-13,23-28,30-36,44-45,49H,14-22H2,1-8H3,(H,43,48)(H,46,47)/t23-,24-,25+,26+,27-,28-,30-,31+,32+,33-,34+,35-,36+,39-,40+,41+,42-/m0/s1. The van der Waals surface area contributed by atoms with E-state index in [1.165, 1.54) is 7.11 Å². The summed E-state index contributed by atoms with van der Waals surface area (Å²) in [6.07, 6.45) is -0.512. The number of benzene rings is 1. The Morgan fingerprint density at radius 1 is 1.00 bits per heavy atom. The van der Waals surface area contributed by atoms with Crippen LogP contribution in [0.4, 0.5) is 10.5 Å². The summed E-state index contributed by atoms with van der Waals surface area (Å²) in [4.78, 5) is 24.5. The fourth-order valence-electron chi connectivity index (χ4n) is 10.5. The summed E-state index contributed by atoms with van der Waals surface area (Å²) in [6, 6.07) is 8.93. The molecule has 0 radical (unpaired) electrons. The lowest BCUT2D eigenvalue weighted by atomic mass is 9.78. The number of hydrogen-bond acceptors (Lipinski definition) is 12. The molecular weight excluding hydrogens is 726 g/mol. The van der Waals surface area contributed by atoms with Gasteiger partial charge in [0.25, 0.3) is 0 Å². The van der Waals surface area contributed by atoms with Gasteiger partial charge in [-0.25, -0.2) is 4.79 Å². The molecule has 14 nitrogen and oxygen atoms in total. The molecule has 14 heteroatoms. The van der Waals surface area contributed by atoms with Crippen LogP contribution in [0.15, 0.2) is 30.3 Å². The van der Waals surface area contributed by atoms with Crippen molar-refractivity contribution >= 4 is 17.7 Å². The summed E-state index contributed by atoms with van der Waals surface area (Å²) in [5.74, 6) is -5.43. The van der Waals surface area contributed by atoms with Crippen molar-refractivity contribution in [1.29, 1.82) is 0 Å². The van der Waals surface area contributed by atoms with Crippen LogP contribution in [-0.2, 0) is 38.0 Å². The van der Waals surface area contributed by atoms with E-state index < -0.39 is 83.5 Å². The van der Waals surface area contributed by atoms with Gasteiger partial charge in [-0.2, -0.15) is 0 Å². The van der Waals surface area contributed by atoms with Crippen molar-refractivity contribution in [2.24, 2.45) is 35.5 Å².